The van der Waals surface area contributed by atoms with E-state index in [0.717, 1.165) is 11.3 Å². The zero-order valence-electron chi connectivity index (χ0n) is 22.7. The van der Waals surface area contributed by atoms with E-state index in [1.54, 1.807) is 30.3 Å². The molecule has 5 rings (SSSR count). The van der Waals surface area contributed by atoms with Gasteiger partial charge < -0.3 is 15.1 Å². The maximum absolute atomic E-state index is 13.1. The smallest absolute Gasteiger partial charge is 0.354 e. The third-order valence-electron chi connectivity index (χ3n) is 7.38. The minimum absolute atomic E-state index is 0.00763. The Hall–Kier alpha value is -3.68. The molecule has 2 aliphatic rings. The molecule has 0 aliphatic carbocycles. The van der Waals surface area contributed by atoms with Crippen molar-refractivity contribution >= 4 is 38.8 Å². The van der Waals surface area contributed by atoms with Crippen LogP contribution in [0.5, 0.6) is 0 Å². The van der Waals surface area contributed by atoms with E-state index in [4.69, 9.17) is 0 Å². The summed E-state index contributed by atoms with van der Waals surface area (Å²) < 4.78 is 65.4. The maximum atomic E-state index is 13.1. The van der Waals surface area contributed by atoms with E-state index >= 15 is 0 Å². The fourth-order valence-electron chi connectivity index (χ4n) is 5.13. The molecule has 1 unspecified atom stereocenters. The number of aromatic nitrogens is 1. The minimum Gasteiger partial charge on any atom is -0.354 e. The Morgan fingerprint density at radius 3 is 2.27 bits per heavy atom. The summed E-state index contributed by atoms with van der Waals surface area (Å²) in [6.45, 7) is 1.38. The average Bonchev–Trinajstić information content (AvgIpc) is 2.94. The number of hydrogen-bond donors (Lipinski definition) is 1. The van der Waals surface area contributed by atoms with Gasteiger partial charge in [-0.25, -0.2) is 13.4 Å². The molecule has 1 N–H and O–H groups in total. The predicted molar refractivity (Wildman–Crippen MR) is 151 cm³/mol. The number of carbonyl (C=O) groups excluding carboxylic acids is 1. The highest BCUT2D eigenvalue weighted by Gasteiger charge is 2.36. The molecule has 1 amide bonds. The van der Waals surface area contributed by atoms with Gasteiger partial charge in [-0.3, -0.25) is 9.69 Å². The number of fused-ring (bicyclic) bond motifs is 1. The lowest BCUT2D eigenvalue weighted by Crippen LogP contribution is -2.50. The third kappa shape index (κ3) is 6.31. The van der Waals surface area contributed by atoms with E-state index < -0.39 is 22.7 Å². The molecular weight excluding hydrogens is 557 g/mol. The van der Waals surface area contributed by atoms with Crippen molar-refractivity contribution in [2.75, 3.05) is 54.9 Å². The van der Waals surface area contributed by atoms with E-state index in [-0.39, 0.29) is 43.0 Å². The molecule has 2 aromatic carbocycles. The van der Waals surface area contributed by atoms with Gasteiger partial charge in [-0.15, -0.1) is 0 Å². The number of carbonyl (C=O) groups is 1. The summed E-state index contributed by atoms with van der Waals surface area (Å²) in [6.07, 6.45) is -2.68. The second kappa shape index (κ2) is 11.3. The molecule has 9 nitrogen and oxygen atoms in total. The summed E-state index contributed by atoms with van der Waals surface area (Å²) in [4.78, 5) is 22.3. The normalized spacial score (nSPS) is 18.9. The van der Waals surface area contributed by atoms with Crippen molar-refractivity contribution in [1.82, 2.24) is 14.2 Å². The van der Waals surface area contributed by atoms with Crippen molar-refractivity contribution in [3.8, 4) is 0 Å². The van der Waals surface area contributed by atoms with Crippen LogP contribution in [0.3, 0.4) is 0 Å². The monoisotopic (exact) mass is 588 g/mol. The second-order valence-electron chi connectivity index (χ2n) is 10.2. The highest BCUT2D eigenvalue weighted by atomic mass is 32.2. The Morgan fingerprint density at radius 1 is 0.976 bits per heavy atom. The van der Waals surface area contributed by atoms with Gasteiger partial charge in [0.25, 0.3) is 0 Å². The number of alkyl halides is 3. The molecule has 0 radical (unpaired) electrons. The molecule has 218 valence electrons. The Bertz CT molecular complexity index is 1490. The van der Waals surface area contributed by atoms with Gasteiger partial charge in [0.1, 0.15) is 11.9 Å². The number of nitrogens with one attached hydrogen (secondary N) is 1. The van der Waals surface area contributed by atoms with Gasteiger partial charge in [0.05, 0.1) is 29.0 Å². The summed E-state index contributed by atoms with van der Waals surface area (Å²) >= 11 is 0. The molecule has 2 aliphatic heterocycles. The van der Waals surface area contributed by atoms with E-state index in [9.17, 15) is 26.4 Å². The Labute approximate surface area is 237 Å². The standard InChI is InChI=1S/C28H31F3N6O3S/c1-20-27(38)34(2)25-17-32-26(16-24(25)37(20)18-21-6-4-3-5-7-21)33-22-8-10-23(11-9-22)41(39,40)36-14-12-35(13-15-36)19-28(29,30)31/h3-11,16-17,20H,12-15,18-19H2,1-2H3,(H,32,33). The lowest BCUT2D eigenvalue weighted by Gasteiger charge is -2.40. The fourth-order valence-corrected chi connectivity index (χ4v) is 6.55. The van der Waals surface area contributed by atoms with Crippen molar-refractivity contribution in [2.24, 2.45) is 0 Å². The first kappa shape index (κ1) is 28.8. The zero-order valence-corrected chi connectivity index (χ0v) is 23.5. The number of halogens is 3. The molecule has 1 aromatic heterocycles. The number of sulfonamides is 1. The highest BCUT2D eigenvalue weighted by molar-refractivity contribution is 7.89. The zero-order chi connectivity index (χ0) is 29.4. The molecule has 1 saturated heterocycles. The van der Waals surface area contributed by atoms with Crippen molar-refractivity contribution in [2.45, 2.75) is 30.6 Å². The Balaban J connectivity index is 1.31. The number of benzene rings is 2. The number of likely N-dealkylation sites (N-methyl/N-ethyl adjacent to an activating group) is 1. The van der Waals surface area contributed by atoms with Crippen LogP contribution in [-0.4, -0.2) is 80.5 Å². The molecule has 0 bridgehead atoms. The Kier molecular flexibility index (Phi) is 7.95. The van der Waals surface area contributed by atoms with Crippen LogP contribution in [0.2, 0.25) is 0 Å². The molecule has 3 aromatic rings. The van der Waals surface area contributed by atoms with Gasteiger partial charge in [0, 0.05) is 51.5 Å². The SMILES string of the molecule is CC1C(=O)N(C)c2cnc(Nc3ccc(S(=O)(=O)N4CCN(CC(F)(F)F)CC4)cc3)cc2N1Cc1ccccc1. The van der Waals surface area contributed by atoms with Gasteiger partial charge in [0.2, 0.25) is 15.9 Å². The van der Waals surface area contributed by atoms with Crippen LogP contribution in [-0.2, 0) is 21.4 Å². The van der Waals surface area contributed by atoms with Gasteiger partial charge in [-0.2, -0.15) is 17.5 Å². The van der Waals surface area contributed by atoms with Crippen molar-refractivity contribution in [3.63, 3.8) is 0 Å². The Morgan fingerprint density at radius 2 is 1.63 bits per heavy atom. The number of rotatable bonds is 7. The number of hydrogen-bond acceptors (Lipinski definition) is 7. The first-order valence-corrected chi connectivity index (χ1v) is 14.6. The molecule has 13 heteroatoms. The first-order chi connectivity index (χ1) is 19.4. The van der Waals surface area contributed by atoms with E-state index in [1.807, 2.05) is 48.2 Å². The van der Waals surface area contributed by atoms with Crippen LogP contribution in [0, 0.1) is 0 Å². The van der Waals surface area contributed by atoms with Crippen LogP contribution >= 0.6 is 0 Å². The molecule has 0 spiro atoms. The quantitative estimate of drug-likeness (QED) is 0.445. The number of nitrogens with zero attached hydrogens (tertiary/aromatic N) is 5. The topological polar surface area (TPSA) is 89.1 Å². The van der Waals surface area contributed by atoms with Crippen LogP contribution in [0.1, 0.15) is 12.5 Å². The van der Waals surface area contributed by atoms with Gasteiger partial charge in [0.15, 0.2) is 0 Å². The summed E-state index contributed by atoms with van der Waals surface area (Å²) in [5.41, 5.74) is 3.19. The van der Waals surface area contributed by atoms with Crippen molar-refractivity contribution in [3.05, 3.63) is 72.4 Å². The summed E-state index contributed by atoms with van der Waals surface area (Å²) in [7, 11) is -2.12. The van der Waals surface area contributed by atoms with Crippen molar-refractivity contribution < 1.29 is 26.4 Å². The van der Waals surface area contributed by atoms with Gasteiger partial charge in [-0.1, -0.05) is 30.3 Å². The first-order valence-electron chi connectivity index (χ1n) is 13.2. The molecule has 3 heterocycles. The molecule has 0 saturated carbocycles. The second-order valence-corrected chi connectivity index (χ2v) is 12.1. The maximum Gasteiger partial charge on any atom is 0.401 e. The molecule has 41 heavy (non-hydrogen) atoms. The number of amides is 1. The van der Waals surface area contributed by atoms with Crippen LogP contribution in [0.15, 0.2) is 71.8 Å². The average molecular weight is 589 g/mol. The number of pyridine rings is 1. The largest absolute Gasteiger partial charge is 0.401 e. The molecule has 1 atom stereocenters. The predicted octanol–water partition coefficient (Wildman–Crippen LogP) is 4.07. The van der Waals surface area contributed by atoms with Gasteiger partial charge in [-0.05, 0) is 36.8 Å². The molecule has 1 fully saturated rings. The number of anilines is 4. The lowest BCUT2D eigenvalue weighted by molar-refractivity contribution is -0.148. The summed E-state index contributed by atoms with van der Waals surface area (Å²) in [6, 6.07) is 17.5. The van der Waals surface area contributed by atoms with Crippen LogP contribution in [0.25, 0.3) is 0 Å². The van der Waals surface area contributed by atoms with Gasteiger partial charge >= 0.3 is 6.18 Å². The third-order valence-corrected chi connectivity index (χ3v) is 9.30. The minimum atomic E-state index is -4.32. The van der Waals surface area contributed by atoms with Crippen LogP contribution < -0.4 is 15.1 Å². The van der Waals surface area contributed by atoms with E-state index in [1.165, 1.54) is 21.3 Å². The fraction of sp³-hybridized carbons (Fsp3) is 0.357. The van der Waals surface area contributed by atoms with Crippen molar-refractivity contribution in [1.29, 1.82) is 0 Å². The van der Waals surface area contributed by atoms with Crippen LogP contribution in [0.4, 0.5) is 36.1 Å². The van der Waals surface area contributed by atoms with E-state index in [2.05, 4.69) is 10.3 Å². The summed E-state index contributed by atoms with van der Waals surface area (Å²) in [5, 5.41) is 3.20. The van der Waals surface area contributed by atoms with E-state index in [0.29, 0.717) is 23.7 Å². The molecular formula is C28H31F3N6O3S. The lowest BCUT2D eigenvalue weighted by atomic mass is 10.1. The summed E-state index contributed by atoms with van der Waals surface area (Å²) in [5.74, 6) is 0.489. The highest BCUT2D eigenvalue weighted by Crippen LogP contribution is 2.38. The number of piperazine rings is 1.